The Balaban J connectivity index is 1.82. The predicted octanol–water partition coefficient (Wildman–Crippen LogP) is 2.58. The number of aromatic nitrogens is 2. The van der Waals surface area contributed by atoms with Gasteiger partial charge >= 0.3 is 5.82 Å². The van der Waals surface area contributed by atoms with Crippen molar-refractivity contribution in [3.8, 4) is 0 Å². The number of aliphatic hydroxyl groups is 1. The van der Waals surface area contributed by atoms with Crippen LogP contribution in [0.1, 0.15) is 18.6 Å². The van der Waals surface area contributed by atoms with Gasteiger partial charge in [-0.25, -0.2) is 0 Å². The summed E-state index contributed by atoms with van der Waals surface area (Å²) >= 11 is 5.82. The molecule has 0 spiro atoms. The second kappa shape index (κ2) is 7.35. The number of aliphatic hydroxyl groups excluding tert-OH is 1. The highest BCUT2D eigenvalue weighted by atomic mass is 35.5. The van der Waals surface area contributed by atoms with Crippen LogP contribution >= 0.6 is 11.6 Å². The van der Waals surface area contributed by atoms with E-state index >= 15 is 0 Å². The van der Waals surface area contributed by atoms with Crippen LogP contribution in [0.2, 0.25) is 5.02 Å². The van der Waals surface area contributed by atoms with Crippen LogP contribution in [0.5, 0.6) is 0 Å². The van der Waals surface area contributed by atoms with E-state index in [1.165, 1.54) is 16.9 Å². The fraction of sp³-hybridized carbons (Fsp3) is 0.357. The highest BCUT2D eigenvalue weighted by molar-refractivity contribution is 6.30. The predicted molar refractivity (Wildman–Crippen MR) is 80.7 cm³/mol. The lowest BCUT2D eigenvalue weighted by atomic mass is 10.1. The molecule has 118 valence electrons. The zero-order valence-electron chi connectivity index (χ0n) is 11.9. The van der Waals surface area contributed by atoms with E-state index in [0.29, 0.717) is 5.02 Å². The average molecular weight is 326 g/mol. The van der Waals surface area contributed by atoms with Gasteiger partial charge in [0.05, 0.1) is 42.7 Å². The molecule has 0 aliphatic carbocycles. The molecule has 1 aromatic heterocycles. The second-order valence-corrected chi connectivity index (χ2v) is 5.27. The largest absolute Gasteiger partial charge is 0.389 e. The lowest BCUT2D eigenvalue weighted by molar-refractivity contribution is -0.389. The van der Waals surface area contributed by atoms with Crippen molar-refractivity contribution >= 4 is 17.4 Å². The number of hydrogen-bond acceptors (Lipinski definition) is 5. The summed E-state index contributed by atoms with van der Waals surface area (Å²) in [5.74, 6) is -0.248. The van der Waals surface area contributed by atoms with Crippen LogP contribution in [0.3, 0.4) is 0 Å². The molecule has 0 saturated heterocycles. The summed E-state index contributed by atoms with van der Waals surface area (Å²) in [5, 5.41) is 24.8. The van der Waals surface area contributed by atoms with Crippen LogP contribution in [0.15, 0.2) is 36.5 Å². The maximum atomic E-state index is 10.5. The molecule has 0 fully saturated rings. The van der Waals surface area contributed by atoms with Gasteiger partial charge in [-0.3, -0.25) is 0 Å². The number of nitro groups is 1. The molecule has 2 aromatic rings. The fourth-order valence-corrected chi connectivity index (χ4v) is 2.03. The minimum absolute atomic E-state index is 0.0947. The summed E-state index contributed by atoms with van der Waals surface area (Å²) in [5.41, 5.74) is 0.950. The van der Waals surface area contributed by atoms with Gasteiger partial charge in [0.15, 0.2) is 0 Å². The van der Waals surface area contributed by atoms with E-state index < -0.39 is 11.0 Å². The van der Waals surface area contributed by atoms with Crippen LogP contribution < -0.4 is 0 Å². The quantitative estimate of drug-likeness (QED) is 0.624. The van der Waals surface area contributed by atoms with Gasteiger partial charge < -0.3 is 20.0 Å². The molecule has 0 radical (unpaired) electrons. The summed E-state index contributed by atoms with van der Waals surface area (Å²) in [6, 6.07) is 8.54. The third kappa shape index (κ3) is 4.52. The third-order valence-corrected chi connectivity index (χ3v) is 3.34. The number of nitrogens with zero attached hydrogens (tertiary/aromatic N) is 3. The minimum Gasteiger partial charge on any atom is -0.389 e. The number of benzene rings is 1. The topological polar surface area (TPSA) is 90.4 Å². The number of rotatable bonds is 7. The molecule has 7 nitrogen and oxygen atoms in total. The molecule has 2 rings (SSSR count). The van der Waals surface area contributed by atoms with E-state index in [1.807, 2.05) is 19.1 Å². The molecule has 0 bridgehead atoms. The van der Waals surface area contributed by atoms with E-state index in [9.17, 15) is 15.2 Å². The van der Waals surface area contributed by atoms with E-state index in [2.05, 4.69) is 5.10 Å². The van der Waals surface area contributed by atoms with Crippen LogP contribution in [-0.4, -0.2) is 32.5 Å². The smallest absolute Gasteiger partial charge is 0.389 e. The summed E-state index contributed by atoms with van der Waals surface area (Å²) < 4.78 is 6.91. The third-order valence-electron chi connectivity index (χ3n) is 3.09. The Morgan fingerprint density at radius 2 is 2.09 bits per heavy atom. The van der Waals surface area contributed by atoms with Gasteiger partial charge in [0.25, 0.3) is 0 Å². The van der Waals surface area contributed by atoms with Crippen molar-refractivity contribution in [2.75, 3.05) is 6.61 Å². The number of hydrogen-bond donors (Lipinski definition) is 1. The molecule has 0 saturated carbocycles. The molecule has 1 N–H and O–H groups in total. The molecule has 1 heterocycles. The number of ether oxygens (including phenoxy) is 1. The van der Waals surface area contributed by atoms with Crippen LogP contribution in [0.25, 0.3) is 0 Å². The molecule has 2 atom stereocenters. The Morgan fingerprint density at radius 3 is 2.68 bits per heavy atom. The monoisotopic (exact) mass is 325 g/mol. The van der Waals surface area contributed by atoms with Crippen molar-refractivity contribution in [1.82, 2.24) is 9.78 Å². The van der Waals surface area contributed by atoms with E-state index in [0.717, 1.165) is 5.56 Å². The normalized spacial score (nSPS) is 13.8. The molecule has 8 heteroatoms. The van der Waals surface area contributed by atoms with Gasteiger partial charge in [-0.05, 0) is 29.5 Å². The highest BCUT2D eigenvalue weighted by Gasteiger charge is 2.15. The Labute approximate surface area is 132 Å². The molecule has 1 aromatic carbocycles. The molecular weight excluding hydrogens is 310 g/mol. The summed E-state index contributed by atoms with van der Waals surface area (Å²) in [6.07, 6.45) is 0.442. The van der Waals surface area contributed by atoms with Crippen molar-refractivity contribution in [2.45, 2.75) is 25.7 Å². The lowest BCUT2D eigenvalue weighted by Crippen LogP contribution is -2.23. The fourth-order valence-electron chi connectivity index (χ4n) is 1.90. The zero-order chi connectivity index (χ0) is 16.1. The van der Waals surface area contributed by atoms with Crippen molar-refractivity contribution < 1.29 is 14.8 Å². The van der Waals surface area contributed by atoms with Gasteiger partial charge in [0, 0.05) is 5.02 Å². The first-order valence-corrected chi connectivity index (χ1v) is 7.06. The van der Waals surface area contributed by atoms with Gasteiger partial charge in [0.1, 0.15) is 0 Å². The SMILES string of the molecule is CC(OCC(O)Cn1ccc([N+](=O)[O-])n1)c1ccc(Cl)cc1. The second-order valence-electron chi connectivity index (χ2n) is 4.83. The molecular formula is C14H16ClN3O4. The van der Waals surface area contributed by atoms with Crippen molar-refractivity contribution in [1.29, 1.82) is 0 Å². The molecule has 0 aliphatic heterocycles. The average Bonchev–Trinajstić information content (AvgIpc) is 2.94. The Morgan fingerprint density at radius 1 is 1.41 bits per heavy atom. The van der Waals surface area contributed by atoms with Gasteiger partial charge in [-0.2, -0.15) is 4.68 Å². The first-order chi connectivity index (χ1) is 10.5. The van der Waals surface area contributed by atoms with Crippen molar-refractivity contribution in [3.05, 3.63) is 57.2 Å². The first kappa shape index (κ1) is 16.4. The number of halogens is 1. The van der Waals surface area contributed by atoms with E-state index in [1.54, 1.807) is 12.1 Å². The molecule has 0 amide bonds. The molecule has 2 unspecified atom stereocenters. The standard InChI is InChI=1S/C14H16ClN3O4/c1-10(11-2-4-12(15)5-3-11)22-9-13(19)8-17-7-6-14(16-17)18(20)21/h2-7,10,13,19H,8-9H2,1H3. The first-order valence-electron chi connectivity index (χ1n) is 6.68. The zero-order valence-corrected chi connectivity index (χ0v) is 12.7. The Hall–Kier alpha value is -1.96. The lowest BCUT2D eigenvalue weighted by Gasteiger charge is -2.16. The maximum Gasteiger partial charge on any atom is 0.389 e. The molecule has 22 heavy (non-hydrogen) atoms. The van der Waals surface area contributed by atoms with Crippen LogP contribution in [0.4, 0.5) is 5.82 Å². The van der Waals surface area contributed by atoms with Crippen molar-refractivity contribution in [3.63, 3.8) is 0 Å². The van der Waals surface area contributed by atoms with Gasteiger partial charge in [-0.1, -0.05) is 23.7 Å². The van der Waals surface area contributed by atoms with Gasteiger partial charge in [-0.15, -0.1) is 0 Å². The summed E-state index contributed by atoms with van der Waals surface area (Å²) in [6.45, 7) is 2.09. The Bertz CT molecular complexity index is 629. The summed E-state index contributed by atoms with van der Waals surface area (Å²) in [4.78, 5) is 9.95. The molecule has 0 aliphatic rings. The summed E-state index contributed by atoms with van der Waals surface area (Å²) in [7, 11) is 0. The minimum atomic E-state index is -0.811. The van der Waals surface area contributed by atoms with Crippen LogP contribution in [0, 0.1) is 10.1 Å². The van der Waals surface area contributed by atoms with Crippen LogP contribution in [-0.2, 0) is 11.3 Å². The maximum absolute atomic E-state index is 10.5. The van der Waals surface area contributed by atoms with Gasteiger partial charge in [0.2, 0.25) is 0 Å². The van der Waals surface area contributed by atoms with E-state index in [-0.39, 0.29) is 25.1 Å². The van der Waals surface area contributed by atoms with Crippen molar-refractivity contribution in [2.24, 2.45) is 0 Å². The van der Waals surface area contributed by atoms with E-state index in [4.69, 9.17) is 16.3 Å². The highest BCUT2D eigenvalue weighted by Crippen LogP contribution is 2.19. The Kier molecular flexibility index (Phi) is 5.48.